The van der Waals surface area contributed by atoms with Crippen LogP contribution in [0.2, 0.25) is 0 Å². The minimum Gasteiger partial charge on any atom is -0.205 e. The van der Waals surface area contributed by atoms with Crippen LogP contribution in [0, 0.1) is 27.7 Å². The number of hydrogen-bond acceptors (Lipinski definition) is 0. The first-order valence-electron chi connectivity index (χ1n) is 7.97. The lowest BCUT2D eigenvalue weighted by molar-refractivity contribution is -0.701. The second kappa shape index (κ2) is 10.9. The van der Waals surface area contributed by atoms with Gasteiger partial charge in [0, 0.05) is 35.1 Å². The van der Waals surface area contributed by atoms with Gasteiger partial charge >= 0.3 is 0 Å². The van der Waals surface area contributed by atoms with Gasteiger partial charge in [0.15, 0.2) is 24.8 Å². The first-order valence-corrected chi connectivity index (χ1v) is 7.97. The third kappa shape index (κ3) is 8.07. The van der Waals surface area contributed by atoms with Crippen molar-refractivity contribution < 1.29 is 9.13 Å². The second-order valence-corrected chi connectivity index (χ2v) is 6.32. The summed E-state index contributed by atoms with van der Waals surface area (Å²) in [6.45, 7) is 10.9. The first kappa shape index (κ1) is 22.3. The SMILES string of the molecule is Br.Br.Cc1cc(C)c[n+](CCCCC[n+]2cc(C)cc(C)c2)c1. The minimum atomic E-state index is 0. The normalized spacial score (nSPS) is 9.91. The van der Waals surface area contributed by atoms with Crippen LogP contribution >= 0.6 is 34.0 Å². The molecule has 0 saturated carbocycles. The molecule has 2 heterocycles. The van der Waals surface area contributed by atoms with Gasteiger partial charge in [-0.3, -0.25) is 0 Å². The molecule has 0 spiro atoms. The van der Waals surface area contributed by atoms with Crippen LogP contribution in [0.3, 0.4) is 0 Å². The van der Waals surface area contributed by atoms with Crippen LogP contribution in [0.5, 0.6) is 0 Å². The Kier molecular flexibility index (Phi) is 10.6. The molecule has 0 aliphatic heterocycles. The Balaban J connectivity index is 0.00000242. The monoisotopic (exact) mass is 444 g/mol. The Morgan fingerprint density at radius 1 is 0.565 bits per heavy atom. The Labute approximate surface area is 162 Å². The van der Waals surface area contributed by atoms with E-state index in [1.165, 1.54) is 41.5 Å². The molecule has 2 nitrogen and oxygen atoms in total. The van der Waals surface area contributed by atoms with Gasteiger partial charge in [-0.1, -0.05) is 0 Å². The summed E-state index contributed by atoms with van der Waals surface area (Å²) in [7, 11) is 0. The molecule has 0 saturated heterocycles. The zero-order chi connectivity index (χ0) is 15.2. The Morgan fingerprint density at radius 3 is 1.17 bits per heavy atom. The number of halogens is 2. The van der Waals surface area contributed by atoms with Crippen molar-refractivity contribution in [1.29, 1.82) is 0 Å². The quantitative estimate of drug-likeness (QED) is 0.456. The highest BCUT2D eigenvalue weighted by Gasteiger charge is 2.05. The number of pyridine rings is 2. The predicted octanol–water partition coefficient (Wildman–Crippen LogP) is 4.52. The molecule has 0 amide bonds. The van der Waals surface area contributed by atoms with Gasteiger partial charge in [-0.15, -0.1) is 34.0 Å². The number of rotatable bonds is 6. The van der Waals surface area contributed by atoms with Gasteiger partial charge in [-0.05, 0) is 46.2 Å². The molecular formula is C19H30Br2N2+2. The third-order valence-corrected chi connectivity index (χ3v) is 3.72. The van der Waals surface area contributed by atoms with E-state index in [9.17, 15) is 0 Å². The average molecular weight is 446 g/mol. The van der Waals surface area contributed by atoms with Gasteiger partial charge in [0.1, 0.15) is 13.1 Å². The summed E-state index contributed by atoms with van der Waals surface area (Å²) in [6, 6.07) is 4.46. The zero-order valence-electron chi connectivity index (χ0n) is 14.7. The molecule has 0 bridgehead atoms. The molecule has 0 aromatic carbocycles. The van der Waals surface area contributed by atoms with Gasteiger partial charge in [-0.25, -0.2) is 9.13 Å². The molecule has 0 N–H and O–H groups in total. The van der Waals surface area contributed by atoms with E-state index < -0.39 is 0 Å². The lowest BCUT2D eigenvalue weighted by Gasteiger charge is -2.01. The highest BCUT2D eigenvalue weighted by molar-refractivity contribution is 8.93. The highest BCUT2D eigenvalue weighted by Crippen LogP contribution is 2.01. The van der Waals surface area contributed by atoms with Crippen molar-refractivity contribution in [1.82, 2.24) is 0 Å². The van der Waals surface area contributed by atoms with Crippen molar-refractivity contribution in [3.63, 3.8) is 0 Å². The van der Waals surface area contributed by atoms with E-state index >= 15 is 0 Å². The summed E-state index contributed by atoms with van der Waals surface area (Å²) in [5.74, 6) is 0. The Hall–Kier alpha value is -0.740. The molecular weight excluding hydrogens is 416 g/mol. The molecule has 2 rings (SSSR count). The van der Waals surface area contributed by atoms with Crippen LogP contribution in [-0.4, -0.2) is 0 Å². The van der Waals surface area contributed by atoms with Gasteiger partial charge in [0.05, 0.1) is 0 Å². The van der Waals surface area contributed by atoms with Crippen molar-refractivity contribution in [2.75, 3.05) is 0 Å². The van der Waals surface area contributed by atoms with E-state index in [0.29, 0.717) is 0 Å². The maximum absolute atomic E-state index is 2.33. The van der Waals surface area contributed by atoms with E-state index in [1.54, 1.807) is 0 Å². The molecule has 0 fully saturated rings. The maximum atomic E-state index is 2.33. The second-order valence-electron chi connectivity index (χ2n) is 6.32. The fourth-order valence-electron chi connectivity index (χ4n) is 3.01. The summed E-state index contributed by atoms with van der Waals surface area (Å²) in [5, 5.41) is 0. The summed E-state index contributed by atoms with van der Waals surface area (Å²) in [4.78, 5) is 0. The molecule has 0 atom stereocenters. The summed E-state index contributed by atoms with van der Waals surface area (Å²) < 4.78 is 4.66. The molecule has 0 radical (unpaired) electrons. The van der Waals surface area contributed by atoms with Crippen molar-refractivity contribution >= 4 is 34.0 Å². The van der Waals surface area contributed by atoms with Gasteiger partial charge in [-0.2, -0.15) is 0 Å². The van der Waals surface area contributed by atoms with Crippen molar-refractivity contribution in [3.8, 4) is 0 Å². The van der Waals surface area contributed by atoms with Crippen molar-refractivity contribution in [3.05, 3.63) is 59.2 Å². The predicted molar refractivity (Wildman–Crippen MR) is 107 cm³/mol. The van der Waals surface area contributed by atoms with E-state index in [4.69, 9.17) is 0 Å². The Bertz CT molecular complexity index is 518. The molecule has 23 heavy (non-hydrogen) atoms. The largest absolute Gasteiger partial charge is 0.205 e. The number of aryl methyl sites for hydroxylation is 6. The van der Waals surface area contributed by atoms with Crippen LogP contribution in [-0.2, 0) is 13.1 Å². The molecule has 0 aliphatic rings. The van der Waals surface area contributed by atoms with Gasteiger partial charge < -0.3 is 0 Å². The number of aromatic nitrogens is 2. The van der Waals surface area contributed by atoms with E-state index in [1.807, 2.05) is 0 Å². The molecule has 2 aromatic heterocycles. The smallest absolute Gasteiger partial charge is 0.171 e. The molecule has 0 aliphatic carbocycles. The fraction of sp³-hybridized carbons (Fsp3) is 0.474. The zero-order valence-corrected chi connectivity index (χ0v) is 18.1. The van der Waals surface area contributed by atoms with Crippen LogP contribution in [0.25, 0.3) is 0 Å². The summed E-state index contributed by atoms with van der Waals surface area (Å²) in [6.07, 6.45) is 12.7. The van der Waals surface area contributed by atoms with Gasteiger partial charge in [0.2, 0.25) is 0 Å². The topological polar surface area (TPSA) is 7.76 Å². The lowest BCUT2D eigenvalue weighted by Crippen LogP contribution is -2.35. The summed E-state index contributed by atoms with van der Waals surface area (Å²) in [5.41, 5.74) is 5.39. The molecule has 0 unspecified atom stereocenters. The molecule has 4 heteroatoms. The van der Waals surface area contributed by atoms with E-state index in [0.717, 1.165) is 13.1 Å². The lowest BCUT2D eigenvalue weighted by atomic mass is 10.2. The van der Waals surface area contributed by atoms with Crippen LogP contribution in [0.1, 0.15) is 41.5 Å². The van der Waals surface area contributed by atoms with Crippen LogP contribution in [0.15, 0.2) is 36.9 Å². The third-order valence-electron chi connectivity index (χ3n) is 3.72. The van der Waals surface area contributed by atoms with E-state index in [-0.39, 0.29) is 34.0 Å². The van der Waals surface area contributed by atoms with Crippen molar-refractivity contribution in [2.45, 2.75) is 60.0 Å². The summed E-state index contributed by atoms with van der Waals surface area (Å²) >= 11 is 0. The first-order chi connectivity index (χ1) is 10.0. The van der Waals surface area contributed by atoms with Gasteiger partial charge in [0.25, 0.3) is 0 Å². The molecule has 2 aromatic rings. The number of nitrogens with zero attached hydrogens (tertiary/aromatic N) is 2. The van der Waals surface area contributed by atoms with Crippen molar-refractivity contribution in [2.24, 2.45) is 0 Å². The fourth-order valence-corrected chi connectivity index (χ4v) is 3.01. The minimum absolute atomic E-state index is 0. The maximum Gasteiger partial charge on any atom is 0.171 e. The highest BCUT2D eigenvalue weighted by atomic mass is 79.9. The average Bonchev–Trinajstić information content (AvgIpc) is 2.36. The van der Waals surface area contributed by atoms with Crippen LogP contribution < -0.4 is 9.13 Å². The van der Waals surface area contributed by atoms with Crippen LogP contribution in [0.4, 0.5) is 0 Å². The Morgan fingerprint density at radius 2 is 0.870 bits per heavy atom. The van der Waals surface area contributed by atoms with E-state index in [2.05, 4.69) is 73.7 Å². The standard InChI is InChI=1S/C19H28N2.2BrH/c1-16-10-17(2)13-20(12-16)8-6-5-7-9-21-14-18(3)11-19(4)15-21;;/h10-15H,5-9H2,1-4H3;2*1H/q+2;;. The molecule has 128 valence electrons. The number of unbranched alkanes of at least 4 members (excludes halogenated alkanes) is 2. The number of hydrogen-bond donors (Lipinski definition) is 0.